The molecule has 19 heavy (non-hydrogen) atoms. The van der Waals surface area contributed by atoms with E-state index < -0.39 is 11.4 Å². The number of methoxy groups -OCH3 is 1. The smallest absolute Gasteiger partial charge is 0.304 e. The molecule has 0 bridgehead atoms. The zero-order valence-electron chi connectivity index (χ0n) is 11.4. The van der Waals surface area contributed by atoms with Crippen LogP contribution < -0.4 is 9.47 Å². The van der Waals surface area contributed by atoms with Crippen LogP contribution in [0.25, 0.3) is 0 Å². The number of hydrogen-bond acceptors (Lipinski definition) is 4. The molecule has 1 aromatic rings. The summed E-state index contributed by atoms with van der Waals surface area (Å²) in [6.07, 6.45) is 0.0450. The Labute approximate surface area is 112 Å². The predicted molar refractivity (Wildman–Crippen MR) is 68.6 cm³/mol. The van der Waals surface area contributed by atoms with Crippen molar-refractivity contribution in [2.75, 3.05) is 13.9 Å². The van der Waals surface area contributed by atoms with E-state index in [1.807, 2.05) is 26.0 Å². The van der Waals surface area contributed by atoms with Crippen LogP contribution in [0.3, 0.4) is 0 Å². The largest absolute Gasteiger partial charge is 0.481 e. The normalized spacial score (nSPS) is 13.6. The molecular weight excluding hydrogens is 248 g/mol. The second kappa shape index (κ2) is 5.09. The van der Waals surface area contributed by atoms with Crippen LogP contribution in [-0.2, 0) is 21.6 Å². The lowest BCUT2D eigenvalue weighted by molar-refractivity contribution is -0.138. The van der Waals surface area contributed by atoms with Crippen molar-refractivity contribution in [3.8, 4) is 11.5 Å². The molecule has 0 saturated heterocycles. The summed E-state index contributed by atoms with van der Waals surface area (Å²) in [5.41, 5.74) is 1.28. The van der Waals surface area contributed by atoms with Gasteiger partial charge in [0.25, 0.3) is 0 Å². The average Bonchev–Trinajstić information content (AvgIpc) is 2.76. The summed E-state index contributed by atoms with van der Waals surface area (Å²) in [6, 6.07) is 3.71. The number of carboxylic acid groups (broad SMARTS) is 1. The lowest BCUT2D eigenvalue weighted by atomic mass is 9.79. The van der Waals surface area contributed by atoms with E-state index in [-0.39, 0.29) is 13.2 Å². The minimum absolute atomic E-state index is 0.0450. The van der Waals surface area contributed by atoms with Gasteiger partial charge >= 0.3 is 5.97 Å². The summed E-state index contributed by atoms with van der Waals surface area (Å²) in [6.45, 7) is 4.36. The Bertz CT molecular complexity index is 493. The van der Waals surface area contributed by atoms with Gasteiger partial charge in [-0.3, -0.25) is 4.79 Å². The molecular formula is C14H18O5. The number of carboxylic acids is 1. The van der Waals surface area contributed by atoms with Gasteiger partial charge in [-0.05, 0) is 11.6 Å². The summed E-state index contributed by atoms with van der Waals surface area (Å²) in [7, 11) is 1.60. The second-order valence-corrected chi connectivity index (χ2v) is 5.21. The fourth-order valence-corrected chi connectivity index (χ4v) is 2.43. The summed E-state index contributed by atoms with van der Waals surface area (Å²) >= 11 is 0. The van der Waals surface area contributed by atoms with Crippen molar-refractivity contribution < 1.29 is 24.1 Å². The Hall–Kier alpha value is -1.75. The monoisotopic (exact) mass is 266 g/mol. The van der Waals surface area contributed by atoms with Gasteiger partial charge in [0.1, 0.15) is 0 Å². The van der Waals surface area contributed by atoms with E-state index in [4.69, 9.17) is 19.3 Å². The van der Waals surface area contributed by atoms with Gasteiger partial charge in [-0.25, -0.2) is 0 Å². The highest BCUT2D eigenvalue weighted by atomic mass is 16.7. The van der Waals surface area contributed by atoms with Gasteiger partial charge < -0.3 is 19.3 Å². The zero-order chi connectivity index (χ0) is 14.0. The van der Waals surface area contributed by atoms with E-state index in [0.29, 0.717) is 18.1 Å². The van der Waals surface area contributed by atoms with Gasteiger partial charge in [0.15, 0.2) is 11.5 Å². The lowest BCUT2D eigenvalue weighted by Crippen LogP contribution is -2.23. The molecule has 104 valence electrons. The topological polar surface area (TPSA) is 65.0 Å². The quantitative estimate of drug-likeness (QED) is 0.886. The van der Waals surface area contributed by atoms with Gasteiger partial charge in [-0.1, -0.05) is 19.9 Å². The number of ether oxygens (including phenoxy) is 3. The van der Waals surface area contributed by atoms with Crippen LogP contribution in [0.2, 0.25) is 0 Å². The molecule has 0 aromatic heterocycles. The van der Waals surface area contributed by atoms with E-state index in [1.165, 1.54) is 0 Å². The SMILES string of the molecule is COCc1c(C(C)(C)CC(=O)O)ccc2c1OCO2. The summed E-state index contributed by atoms with van der Waals surface area (Å²) in [5.74, 6) is 0.519. The number of benzene rings is 1. The Balaban J connectivity index is 2.48. The molecule has 1 aliphatic rings. The van der Waals surface area contributed by atoms with Crippen molar-refractivity contribution >= 4 is 5.97 Å². The molecule has 0 radical (unpaired) electrons. The molecule has 0 amide bonds. The maximum Gasteiger partial charge on any atom is 0.304 e. The Kier molecular flexibility index (Phi) is 3.66. The molecule has 0 aliphatic carbocycles. The molecule has 1 aliphatic heterocycles. The maximum atomic E-state index is 11.0. The third-order valence-electron chi connectivity index (χ3n) is 3.25. The van der Waals surface area contributed by atoms with Crippen molar-refractivity contribution in [3.05, 3.63) is 23.3 Å². The average molecular weight is 266 g/mol. The molecule has 1 N–H and O–H groups in total. The van der Waals surface area contributed by atoms with Crippen LogP contribution in [0, 0.1) is 0 Å². The number of fused-ring (bicyclic) bond motifs is 1. The predicted octanol–water partition coefficient (Wildman–Crippen LogP) is 2.31. The summed E-state index contributed by atoms with van der Waals surface area (Å²) in [5, 5.41) is 9.04. The second-order valence-electron chi connectivity index (χ2n) is 5.21. The fraction of sp³-hybridized carbons (Fsp3) is 0.500. The Morgan fingerprint density at radius 2 is 2.16 bits per heavy atom. The molecule has 0 spiro atoms. The zero-order valence-corrected chi connectivity index (χ0v) is 11.4. The number of hydrogen-bond donors (Lipinski definition) is 1. The van der Waals surface area contributed by atoms with Gasteiger partial charge in [-0.2, -0.15) is 0 Å². The van der Waals surface area contributed by atoms with Gasteiger partial charge in [0, 0.05) is 18.1 Å². The molecule has 0 atom stereocenters. The van der Waals surface area contributed by atoms with Crippen molar-refractivity contribution in [1.29, 1.82) is 0 Å². The van der Waals surface area contributed by atoms with Crippen molar-refractivity contribution in [2.45, 2.75) is 32.3 Å². The Morgan fingerprint density at radius 1 is 1.42 bits per heavy atom. The highest BCUT2D eigenvalue weighted by Crippen LogP contribution is 2.42. The van der Waals surface area contributed by atoms with Crippen molar-refractivity contribution in [3.63, 3.8) is 0 Å². The van der Waals surface area contributed by atoms with E-state index in [2.05, 4.69) is 0 Å². The van der Waals surface area contributed by atoms with Crippen LogP contribution in [0.4, 0.5) is 0 Å². The first-order valence-corrected chi connectivity index (χ1v) is 6.08. The molecule has 1 aromatic carbocycles. The van der Waals surface area contributed by atoms with Crippen molar-refractivity contribution in [1.82, 2.24) is 0 Å². The standard InChI is InChI=1S/C14H18O5/c1-14(2,6-12(15)16)10-4-5-11-13(19-8-18-11)9(10)7-17-3/h4-5H,6-8H2,1-3H3,(H,15,16). The van der Waals surface area contributed by atoms with Crippen LogP contribution >= 0.6 is 0 Å². The summed E-state index contributed by atoms with van der Waals surface area (Å²) in [4.78, 5) is 11.0. The van der Waals surface area contributed by atoms with E-state index in [1.54, 1.807) is 7.11 Å². The first-order chi connectivity index (χ1) is 8.95. The van der Waals surface area contributed by atoms with E-state index in [9.17, 15) is 4.79 Å². The summed E-state index contributed by atoms with van der Waals surface area (Å²) < 4.78 is 16.0. The van der Waals surface area contributed by atoms with Gasteiger partial charge in [0.2, 0.25) is 6.79 Å². The molecule has 1 heterocycles. The first kappa shape index (κ1) is 13.7. The minimum atomic E-state index is -0.828. The molecule has 0 unspecified atom stereocenters. The number of carbonyl (C=O) groups is 1. The fourth-order valence-electron chi connectivity index (χ4n) is 2.43. The highest BCUT2D eigenvalue weighted by molar-refractivity contribution is 5.69. The first-order valence-electron chi connectivity index (χ1n) is 6.08. The van der Waals surface area contributed by atoms with Crippen LogP contribution in [-0.4, -0.2) is 25.0 Å². The van der Waals surface area contributed by atoms with Crippen LogP contribution in [0.15, 0.2) is 12.1 Å². The number of aliphatic carboxylic acids is 1. The Morgan fingerprint density at radius 3 is 2.79 bits per heavy atom. The maximum absolute atomic E-state index is 11.0. The molecule has 0 fully saturated rings. The van der Waals surface area contributed by atoms with Crippen molar-refractivity contribution in [2.24, 2.45) is 0 Å². The molecule has 2 rings (SSSR count). The number of rotatable bonds is 5. The molecule has 0 saturated carbocycles. The molecule has 5 nitrogen and oxygen atoms in total. The van der Waals surface area contributed by atoms with Gasteiger partial charge in [0.05, 0.1) is 13.0 Å². The van der Waals surface area contributed by atoms with Gasteiger partial charge in [-0.15, -0.1) is 0 Å². The minimum Gasteiger partial charge on any atom is -0.481 e. The third kappa shape index (κ3) is 2.66. The highest BCUT2D eigenvalue weighted by Gasteiger charge is 2.31. The molecule has 5 heteroatoms. The van der Waals surface area contributed by atoms with E-state index >= 15 is 0 Å². The van der Waals surface area contributed by atoms with Crippen LogP contribution in [0.5, 0.6) is 11.5 Å². The lowest BCUT2D eigenvalue weighted by Gasteiger charge is -2.26. The third-order valence-corrected chi connectivity index (χ3v) is 3.25. The van der Waals surface area contributed by atoms with Crippen LogP contribution in [0.1, 0.15) is 31.4 Å². The van der Waals surface area contributed by atoms with E-state index in [0.717, 1.165) is 11.1 Å².